The first-order valence-corrected chi connectivity index (χ1v) is 7.15. The number of nitrogens with zero attached hydrogens (tertiary/aromatic N) is 1. The van der Waals surface area contributed by atoms with Gasteiger partial charge in [0.05, 0.1) is 5.02 Å². The van der Waals surface area contributed by atoms with Crippen LogP contribution in [0.15, 0.2) is 24.3 Å². The molecule has 0 spiro atoms. The molecule has 1 aromatic carbocycles. The standard InChI is InChI=1S/C15H20ClNO2/c1-11-7-9-17(10-8-11)15(18)12(2)19-14-6-4-3-5-13(14)16/h3-6,11-12H,7-10H2,1-2H3/t12-/m0/s1. The number of rotatable bonds is 3. The van der Waals surface area contributed by atoms with Crippen LogP contribution in [0.5, 0.6) is 5.75 Å². The van der Waals surface area contributed by atoms with Crippen molar-refractivity contribution in [3.05, 3.63) is 29.3 Å². The SMILES string of the molecule is CC1CCN(C(=O)[C@H](C)Oc2ccccc2Cl)CC1. The van der Waals surface area contributed by atoms with E-state index in [0.29, 0.717) is 16.7 Å². The lowest BCUT2D eigenvalue weighted by Gasteiger charge is -2.32. The van der Waals surface area contributed by atoms with E-state index in [2.05, 4.69) is 6.92 Å². The molecule has 1 fully saturated rings. The molecule has 1 aliphatic rings. The van der Waals surface area contributed by atoms with Gasteiger partial charge in [0.15, 0.2) is 6.10 Å². The van der Waals surface area contributed by atoms with Gasteiger partial charge in [-0.25, -0.2) is 0 Å². The molecule has 104 valence electrons. The monoisotopic (exact) mass is 281 g/mol. The highest BCUT2D eigenvalue weighted by Crippen LogP contribution is 2.25. The average Bonchev–Trinajstić information content (AvgIpc) is 2.41. The number of benzene rings is 1. The second-order valence-electron chi connectivity index (χ2n) is 5.20. The fourth-order valence-electron chi connectivity index (χ4n) is 2.27. The quantitative estimate of drug-likeness (QED) is 0.850. The summed E-state index contributed by atoms with van der Waals surface area (Å²) in [6.07, 6.45) is 1.66. The van der Waals surface area contributed by atoms with E-state index in [1.807, 2.05) is 17.0 Å². The normalized spacial score (nSPS) is 18.2. The smallest absolute Gasteiger partial charge is 0.263 e. The van der Waals surface area contributed by atoms with Gasteiger partial charge in [-0.05, 0) is 37.8 Å². The molecule has 1 atom stereocenters. The van der Waals surface area contributed by atoms with E-state index in [-0.39, 0.29) is 5.91 Å². The van der Waals surface area contributed by atoms with E-state index in [1.54, 1.807) is 19.1 Å². The molecule has 2 rings (SSSR count). The number of amides is 1. The zero-order chi connectivity index (χ0) is 13.8. The number of carbonyl (C=O) groups is 1. The van der Waals surface area contributed by atoms with Crippen molar-refractivity contribution >= 4 is 17.5 Å². The van der Waals surface area contributed by atoms with Gasteiger partial charge >= 0.3 is 0 Å². The Kier molecular flexibility index (Phi) is 4.70. The lowest BCUT2D eigenvalue weighted by molar-refractivity contribution is -0.139. The molecule has 1 aromatic rings. The third kappa shape index (κ3) is 3.63. The predicted octanol–water partition coefficient (Wildman–Crippen LogP) is 3.37. The zero-order valence-corrected chi connectivity index (χ0v) is 12.2. The van der Waals surface area contributed by atoms with Crippen LogP contribution in [0.3, 0.4) is 0 Å². The minimum Gasteiger partial charge on any atom is -0.479 e. The summed E-state index contributed by atoms with van der Waals surface area (Å²) in [4.78, 5) is 14.2. The number of piperidine rings is 1. The van der Waals surface area contributed by atoms with Crippen molar-refractivity contribution in [1.29, 1.82) is 0 Å². The summed E-state index contributed by atoms with van der Waals surface area (Å²) in [5.41, 5.74) is 0. The Balaban J connectivity index is 1.94. The van der Waals surface area contributed by atoms with Crippen molar-refractivity contribution in [3.63, 3.8) is 0 Å². The summed E-state index contributed by atoms with van der Waals surface area (Å²) >= 11 is 6.03. The van der Waals surface area contributed by atoms with Crippen LogP contribution in [0.4, 0.5) is 0 Å². The van der Waals surface area contributed by atoms with E-state index < -0.39 is 6.10 Å². The van der Waals surface area contributed by atoms with Crippen LogP contribution in [0.1, 0.15) is 26.7 Å². The molecule has 1 aliphatic heterocycles. The first kappa shape index (κ1) is 14.2. The molecule has 1 amide bonds. The van der Waals surface area contributed by atoms with Crippen LogP contribution >= 0.6 is 11.6 Å². The summed E-state index contributed by atoms with van der Waals surface area (Å²) in [5.74, 6) is 1.33. The van der Waals surface area contributed by atoms with Crippen LogP contribution in [0.2, 0.25) is 5.02 Å². The number of hydrogen-bond donors (Lipinski definition) is 0. The molecule has 0 aromatic heterocycles. The number of carbonyl (C=O) groups excluding carboxylic acids is 1. The molecule has 4 heteroatoms. The van der Waals surface area contributed by atoms with Gasteiger partial charge < -0.3 is 9.64 Å². The first-order chi connectivity index (χ1) is 9.08. The van der Waals surface area contributed by atoms with Crippen molar-refractivity contribution < 1.29 is 9.53 Å². The highest BCUT2D eigenvalue weighted by molar-refractivity contribution is 6.32. The Morgan fingerprint density at radius 1 is 1.37 bits per heavy atom. The van der Waals surface area contributed by atoms with E-state index in [9.17, 15) is 4.79 Å². The van der Waals surface area contributed by atoms with Gasteiger partial charge in [0, 0.05) is 13.1 Å². The van der Waals surface area contributed by atoms with Crippen molar-refractivity contribution in [1.82, 2.24) is 4.90 Å². The second-order valence-corrected chi connectivity index (χ2v) is 5.61. The summed E-state index contributed by atoms with van der Waals surface area (Å²) < 4.78 is 5.66. The predicted molar refractivity (Wildman–Crippen MR) is 76.5 cm³/mol. The van der Waals surface area contributed by atoms with Gasteiger partial charge in [-0.2, -0.15) is 0 Å². The number of ether oxygens (including phenoxy) is 1. The van der Waals surface area contributed by atoms with Crippen molar-refractivity contribution in [2.45, 2.75) is 32.8 Å². The van der Waals surface area contributed by atoms with Crippen LogP contribution in [-0.4, -0.2) is 30.0 Å². The second kappa shape index (κ2) is 6.29. The maximum atomic E-state index is 12.3. The molecule has 1 saturated heterocycles. The van der Waals surface area contributed by atoms with Crippen LogP contribution in [0.25, 0.3) is 0 Å². The van der Waals surface area contributed by atoms with Crippen molar-refractivity contribution in [2.75, 3.05) is 13.1 Å². The topological polar surface area (TPSA) is 29.5 Å². The minimum atomic E-state index is -0.492. The molecule has 3 nitrogen and oxygen atoms in total. The molecule has 0 radical (unpaired) electrons. The molecule has 0 N–H and O–H groups in total. The van der Waals surface area contributed by atoms with Gasteiger partial charge in [0.25, 0.3) is 5.91 Å². The van der Waals surface area contributed by atoms with Gasteiger partial charge in [-0.15, -0.1) is 0 Å². The van der Waals surface area contributed by atoms with Gasteiger partial charge in [-0.1, -0.05) is 30.7 Å². The number of likely N-dealkylation sites (tertiary alicyclic amines) is 1. The molecule has 0 unspecified atom stereocenters. The average molecular weight is 282 g/mol. The Morgan fingerprint density at radius 3 is 2.63 bits per heavy atom. The van der Waals surface area contributed by atoms with Crippen molar-refractivity contribution in [2.24, 2.45) is 5.92 Å². The van der Waals surface area contributed by atoms with Crippen LogP contribution in [0, 0.1) is 5.92 Å². The zero-order valence-electron chi connectivity index (χ0n) is 11.4. The van der Waals surface area contributed by atoms with E-state index in [1.165, 1.54) is 0 Å². The summed E-state index contributed by atoms with van der Waals surface area (Å²) in [6.45, 7) is 5.67. The van der Waals surface area contributed by atoms with E-state index in [4.69, 9.17) is 16.3 Å². The molecule has 0 aliphatic carbocycles. The highest BCUT2D eigenvalue weighted by Gasteiger charge is 2.25. The molecule has 19 heavy (non-hydrogen) atoms. The molecule has 0 bridgehead atoms. The highest BCUT2D eigenvalue weighted by atomic mass is 35.5. The van der Waals surface area contributed by atoms with Crippen molar-refractivity contribution in [3.8, 4) is 5.75 Å². The Labute approximate surface area is 119 Å². The fraction of sp³-hybridized carbons (Fsp3) is 0.533. The van der Waals surface area contributed by atoms with E-state index in [0.717, 1.165) is 25.9 Å². The molecule has 0 saturated carbocycles. The Morgan fingerprint density at radius 2 is 2.00 bits per heavy atom. The van der Waals surface area contributed by atoms with Gasteiger partial charge in [-0.3, -0.25) is 4.79 Å². The fourth-order valence-corrected chi connectivity index (χ4v) is 2.45. The first-order valence-electron chi connectivity index (χ1n) is 6.78. The van der Waals surface area contributed by atoms with Gasteiger partial charge in [0.1, 0.15) is 5.75 Å². The molecule has 1 heterocycles. The van der Waals surface area contributed by atoms with E-state index >= 15 is 0 Å². The number of para-hydroxylation sites is 1. The largest absolute Gasteiger partial charge is 0.479 e. The lowest BCUT2D eigenvalue weighted by Crippen LogP contribution is -2.44. The molecular weight excluding hydrogens is 262 g/mol. The van der Waals surface area contributed by atoms with Crippen LogP contribution in [-0.2, 0) is 4.79 Å². The summed E-state index contributed by atoms with van der Waals surface area (Å²) in [7, 11) is 0. The maximum absolute atomic E-state index is 12.3. The third-order valence-corrected chi connectivity index (χ3v) is 3.90. The number of hydrogen-bond acceptors (Lipinski definition) is 2. The summed E-state index contributed by atoms with van der Waals surface area (Å²) in [6, 6.07) is 7.23. The summed E-state index contributed by atoms with van der Waals surface area (Å²) in [5, 5.41) is 0.536. The maximum Gasteiger partial charge on any atom is 0.263 e. The molecular formula is C15H20ClNO2. The Hall–Kier alpha value is -1.22. The minimum absolute atomic E-state index is 0.0480. The Bertz CT molecular complexity index is 442. The lowest BCUT2D eigenvalue weighted by atomic mass is 9.99. The third-order valence-electron chi connectivity index (χ3n) is 3.58. The van der Waals surface area contributed by atoms with Gasteiger partial charge in [0.2, 0.25) is 0 Å². The number of halogens is 1. The van der Waals surface area contributed by atoms with Crippen LogP contribution < -0.4 is 4.74 Å².